The molecule has 4 aromatic carbocycles. The molecule has 6 heterocycles. The summed E-state index contributed by atoms with van der Waals surface area (Å²) in [6.45, 7) is 8.07. The number of rotatable bonds is 13. The first-order chi connectivity index (χ1) is 36.0. The fraction of sp³-hybridized carbons (Fsp3) is 0.397. The second-order valence-corrected chi connectivity index (χ2v) is 22.1. The summed E-state index contributed by atoms with van der Waals surface area (Å²) in [5.41, 5.74) is 8.59. The second kappa shape index (κ2) is 19.9. The van der Waals surface area contributed by atoms with Gasteiger partial charge in [-0.05, 0) is 147 Å². The van der Waals surface area contributed by atoms with Crippen LogP contribution < -0.4 is 25.2 Å². The van der Waals surface area contributed by atoms with Crippen molar-refractivity contribution in [2.24, 2.45) is 24.8 Å². The van der Waals surface area contributed by atoms with Crippen LogP contribution in [-0.2, 0) is 29.6 Å². The molecule has 2 aliphatic carbocycles. The van der Waals surface area contributed by atoms with Crippen LogP contribution in [0.25, 0.3) is 32.2 Å². The molecule has 2 saturated heterocycles. The number of thiazole rings is 1. The summed E-state index contributed by atoms with van der Waals surface area (Å²) >= 11 is 1.44. The maximum Gasteiger partial charge on any atom is 0.355 e. The van der Waals surface area contributed by atoms with Crippen molar-refractivity contribution in [1.82, 2.24) is 30.0 Å². The molecular weight excluding hydrogens is 951 g/mol. The number of para-hydroxylation sites is 2. The van der Waals surface area contributed by atoms with E-state index in [9.17, 15) is 24.3 Å². The van der Waals surface area contributed by atoms with Crippen molar-refractivity contribution in [1.29, 1.82) is 0 Å². The number of carbonyl (C=O) groups excluding carboxylic acids is 3. The van der Waals surface area contributed by atoms with Gasteiger partial charge in [0.15, 0.2) is 10.8 Å². The molecule has 3 unspecified atom stereocenters. The highest BCUT2D eigenvalue weighted by atomic mass is 32.1. The molecule has 12 rings (SSSR count). The Morgan fingerprint density at radius 3 is 2.43 bits per heavy atom. The number of hydrogen-bond acceptors (Lipinski definition) is 12. The number of imide groups is 1. The lowest BCUT2D eigenvalue weighted by atomic mass is 9.92. The standard InChI is InChI=1S/C58H61N9O6S/c1-34-40(41-18-20-50(60-53(41)57(71)72)67-24-22-36-10-5-12-42(45(36)33-67)55(69)62-58-59-46-14-3-4-17-49(46)74-58)11-7-16-48(34)73-39-31-37-29-35(30-38(37)32-39)9-8-23-65-25-27-66(28-26-65)47-15-6-13-43-52(63-64(2)54(43)47)44-19-21-51(68)61-56(44)70/h3-7,10-18,20,35,37-39,44H,8-9,19,21-33H2,1-2H3,(H,71,72)(H,59,62,69)(H,61,68,70)/t35?,37-,38+,39?,44?. The van der Waals surface area contributed by atoms with E-state index in [1.54, 1.807) is 0 Å². The average molecular weight is 1010 g/mol. The van der Waals surface area contributed by atoms with Crippen LogP contribution in [0.1, 0.15) is 101 Å². The van der Waals surface area contributed by atoms with Crippen molar-refractivity contribution in [2.45, 2.75) is 83.3 Å². The van der Waals surface area contributed by atoms with Crippen LogP contribution in [0.15, 0.2) is 91.0 Å². The monoisotopic (exact) mass is 1010 g/mol. The summed E-state index contributed by atoms with van der Waals surface area (Å²) in [7, 11) is 1.95. The molecule has 16 heteroatoms. The Hall–Kier alpha value is -7.17. The molecule has 15 nitrogen and oxygen atoms in total. The lowest BCUT2D eigenvalue weighted by Crippen LogP contribution is -2.46. The van der Waals surface area contributed by atoms with Crippen LogP contribution >= 0.6 is 11.3 Å². The molecule has 3 N–H and O–H groups in total. The zero-order valence-electron chi connectivity index (χ0n) is 41.9. The number of aryl methyl sites for hydroxylation is 1. The fourth-order valence-corrected chi connectivity index (χ4v) is 13.8. The first-order valence-electron chi connectivity index (χ1n) is 26.3. The number of nitrogens with one attached hydrogen (secondary N) is 2. The quantitative estimate of drug-likeness (QED) is 0.0936. The first kappa shape index (κ1) is 47.8. The van der Waals surface area contributed by atoms with E-state index in [1.807, 2.05) is 91.4 Å². The molecular formula is C58H61N9O6S. The minimum Gasteiger partial charge on any atom is -0.490 e. The van der Waals surface area contributed by atoms with Crippen molar-refractivity contribution in [3.05, 3.63) is 125 Å². The highest BCUT2D eigenvalue weighted by Gasteiger charge is 2.42. The van der Waals surface area contributed by atoms with Gasteiger partial charge in [0, 0.05) is 69.3 Å². The highest BCUT2D eigenvalue weighted by molar-refractivity contribution is 7.22. The predicted molar refractivity (Wildman–Crippen MR) is 287 cm³/mol. The maximum absolute atomic E-state index is 13.7. The number of ether oxygens (including phenoxy) is 1. The second-order valence-electron chi connectivity index (χ2n) is 21.1. The Labute approximate surface area is 433 Å². The zero-order valence-corrected chi connectivity index (χ0v) is 42.7. The molecule has 0 spiro atoms. The smallest absolute Gasteiger partial charge is 0.355 e. The summed E-state index contributed by atoms with van der Waals surface area (Å²) in [5, 5.41) is 22.4. The Balaban J connectivity index is 0.633. The van der Waals surface area contributed by atoms with Gasteiger partial charge >= 0.3 is 5.97 Å². The van der Waals surface area contributed by atoms with Crippen LogP contribution in [0.4, 0.5) is 16.6 Å². The molecule has 3 aliphatic heterocycles. The number of carbonyl (C=O) groups is 4. The molecule has 5 aliphatic rings. The predicted octanol–water partition coefficient (Wildman–Crippen LogP) is 9.37. The Morgan fingerprint density at radius 2 is 1.64 bits per heavy atom. The number of hydrogen-bond donors (Lipinski definition) is 3. The normalized spacial score (nSPS) is 22.0. The number of aromatic nitrogens is 4. The summed E-state index contributed by atoms with van der Waals surface area (Å²) in [5.74, 6) is 1.23. The minimum absolute atomic E-state index is 0.0128. The van der Waals surface area contributed by atoms with Crippen LogP contribution in [0, 0.1) is 24.7 Å². The third kappa shape index (κ3) is 9.27. The number of fused-ring (bicyclic) bond motifs is 4. The van der Waals surface area contributed by atoms with Gasteiger partial charge < -0.3 is 19.6 Å². The fourth-order valence-electron chi connectivity index (χ4n) is 12.9. The van der Waals surface area contributed by atoms with E-state index in [0.717, 1.165) is 112 Å². The number of carboxylic acids is 1. The molecule has 0 radical (unpaired) electrons. The number of pyridine rings is 1. The van der Waals surface area contributed by atoms with E-state index in [0.29, 0.717) is 66.3 Å². The molecule has 5 atom stereocenters. The van der Waals surface area contributed by atoms with Crippen molar-refractivity contribution in [2.75, 3.05) is 54.4 Å². The number of benzene rings is 4. The molecule has 4 fully saturated rings. The Bertz CT molecular complexity index is 3300. The third-order valence-electron chi connectivity index (χ3n) is 16.6. The third-order valence-corrected chi connectivity index (χ3v) is 17.6. The van der Waals surface area contributed by atoms with Crippen LogP contribution in [0.3, 0.4) is 0 Å². The molecule has 74 heavy (non-hydrogen) atoms. The lowest BCUT2D eigenvalue weighted by molar-refractivity contribution is -0.134. The number of piperidine rings is 1. The van der Waals surface area contributed by atoms with E-state index in [4.69, 9.17) is 14.8 Å². The van der Waals surface area contributed by atoms with Crippen molar-refractivity contribution in [3.8, 4) is 16.9 Å². The van der Waals surface area contributed by atoms with Crippen molar-refractivity contribution < 1.29 is 29.0 Å². The number of nitrogens with zero attached hydrogens (tertiary/aromatic N) is 7. The highest BCUT2D eigenvalue weighted by Crippen LogP contribution is 2.49. The number of aromatic carboxylic acids is 1. The van der Waals surface area contributed by atoms with E-state index in [1.165, 1.54) is 37.0 Å². The molecule has 2 saturated carbocycles. The first-order valence-corrected chi connectivity index (χ1v) is 27.1. The van der Waals surface area contributed by atoms with Gasteiger partial charge in [-0.25, -0.2) is 14.8 Å². The van der Waals surface area contributed by atoms with E-state index in [2.05, 4.69) is 48.5 Å². The van der Waals surface area contributed by atoms with E-state index < -0.39 is 11.9 Å². The van der Waals surface area contributed by atoms with Gasteiger partial charge in [0.2, 0.25) is 11.8 Å². The summed E-state index contributed by atoms with van der Waals surface area (Å²) < 4.78 is 9.69. The SMILES string of the molecule is Cc1c(OC2C[C@H]3CC(CCCN4CCN(c5cccc6c(C7CCC(=O)NC7=O)nn(C)c56)CC4)C[C@H]3C2)cccc1-c1ccc(N2CCc3cccc(C(=O)Nc4nc5ccccc5s4)c3C2)nc1C(=O)O. The van der Waals surface area contributed by atoms with Gasteiger partial charge in [0.05, 0.1) is 39.1 Å². The summed E-state index contributed by atoms with van der Waals surface area (Å²) in [6, 6.07) is 29.6. The van der Waals surface area contributed by atoms with Gasteiger partial charge in [0.25, 0.3) is 5.91 Å². The minimum atomic E-state index is -1.10. The number of amides is 3. The Kier molecular flexibility index (Phi) is 12.9. The van der Waals surface area contributed by atoms with Gasteiger partial charge in [0.1, 0.15) is 11.6 Å². The number of piperazine rings is 1. The van der Waals surface area contributed by atoms with Gasteiger partial charge in [-0.3, -0.25) is 34.6 Å². The topological polar surface area (TPSA) is 175 Å². The summed E-state index contributed by atoms with van der Waals surface area (Å²) in [4.78, 5) is 67.7. The van der Waals surface area contributed by atoms with Crippen molar-refractivity contribution in [3.63, 3.8) is 0 Å². The van der Waals surface area contributed by atoms with E-state index in [-0.39, 0.29) is 29.5 Å². The van der Waals surface area contributed by atoms with Gasteiger partial charge in [-0.2, -0.15) is 5.10 Å². The van der Waals surface area contributed by atoms with Crippen LogP contribution in [0.5, 0.6) is 5.75 Å². The molecule has 0 bridgehead atoms. The lowest BCUT2D eigenvalue weighted by Gasteiger charge is -2.36. The molecule has 380 valence electrons. The molecule has 3 amide bonds. The van der Waals surface area contributed by atoms with Gasteiger partial charge in [-0.15, -0.1) is 0 Å². The average Bonchev–Trinajstić information content (AvgIpc) is 4.18. The molecule has 3 aromatic heterocycles. The number of anilines is 3. The van der Waals surface area contributed by atoms with Crippen molar-refractivity contribution >= 4 is 72.8 Å². The Morgan fingerprint density at radius 1 is 0.838 bits per heavy atom. The molecule has 7 aromatic rings. The largest absolute Gasteiger partial charge is 0.490 e. The zero-order chi connectivity index (χ0) is 50.6. The van der Waals surface area contributed by atoms with E-state index >= 15 is 0 Å². The number of carboxylic acid groups (broad SMARTS) is 1. The van der Waals surface area contributed by atoms with Crippen LogP contribution in [-0.4, -0.2) is 98.8 Å². The summed E-state index contributed by atoms with van der Waals surface area (Å²) in [6.07, 6.45) is 8.71. The van der Waals surface area contributed by atoms with Crippen LogP contribution in [0.2, 0.25) is 0 Å². The maximum atomic E-state index is 13.7. The van der Waals surface area contributed by atoms with Gasteiger partial charge in [-0.1, -0.05) is 59.9 Å².